The summed E-state index contributed by atoms with van der Waals surface area (Å²) < 4.78 is 25.6. The number of carbonyl (C=O) groups excluding carboxylic acids is 1. The summed E-state index contributed by atoms with van der Waals surface area (Å²) in [5, 5.41) is 5.34. The average Bonchev–Trinajstić information content (AvgIpc) is 2.91. The summed E-state index contributed by atoms with van der Waals surface area (Å²) >= 11 is 0. The summed E-state index contributed by atoms with van der Waals surface area (Å²) in [5.41, 5.74) is 0. The number of carbonyl (C=O) groups is 1. The Balaban J connectivity index is 0.00000128. The molecular weight excluding hydrogens is 238 g/mol. The lowest BCUT2D eigenvalue weighted by Crippen LogP contribution is -2.44. The van der Waals surface area contributed by atoms with Gasteiger partial charge in [0.2, 0.25) is 5.91 Å². The number of alkyl halides is 2. The number of halogens is 3. The highest BCUT2D eigenvalue weighted by Crippen LogP contribution is 2.32. The topological polar surface area (TPSA) is 41.1 Å². The van der Waals surface area contributed by atoms with E-state index in [1.54, 1.807) is 0 Å². The lowest BCUT2D eigenvalue weighted by Gasteiger charge is -2.16. The maximum atomic E-state index is 12.8. The zero-order valence-electron chi connectivity index (χ0n) is 9.13. The number of hydrogen-bond acceptors (Lipinski definition) is 2. The molecule has 2 unspecified atom stereocenters. The van der Waals surface area contributed by atoms with Crippen LogP contribution in [0.3, 0.4) is 0 Å². The molecule has 2 atom stereocenters. The Labute approximate surface area is 99.8 Å². The molecule has 1 saturated heterocycles. The summed E-state index contributed by atoms with van der Waals surface area (Å²) in [4.78, 5) is 11.6. The first-order chi connectivity index (χ1) is 6.98. The van der Waals surface area contributed by atoms with Crippen LogP contribution in [0.4, 0.5) is 8.78 Å². The molecule has 1 heterocycles. The van der Waals surface area contributed by atoms with Gasteiger partial charge in [-0.3, -0.25) is 10.1 Å². The normalized spacial score (nSPS) is 29.3. The molecule has 3 nitrogen and oxygen atoms in total. The molecule has 0 aromatic heterocycles. The van der Waals surface area contributed by atoms with Gasteiger partial charge in [-0.05, 0) is 25.7 Å². The van der Waals surface area contributed by atoms with Crippen molar-refractivity contribution in [1.29, 1.82) is 0 Å². The Morgan fingerprint density at radius 1 is 1.50 bits per heavy atom. The van der Waals surface area contributed by atoms with Gasteiger partial charge in [-0.25, -0.2) is 8.78 Å². The van der Waals surface area contributed by atoms with Gasteiger partial charge in [0.05, 0.1) is 12.6 Å². The van der Waals surface area contributed by atoms with E-state index in [2.05, 4.69) is 10.6 Å². The second-order valence-corrected chi connectivity index (χ2v) is 4.63. The molecule has 2 fully saturated rings. The third-order valence-corrected chi connectivity index (χ3v) is 3.13. The monoisotopic (exact) mass is 254 g/mol. The van der Waals surface area contributed by atoms with Crippen molar-refractivity contribution in [2.45, 2.75) is 44.2 Å². The molecular formula is C10H17ClF2N2O. The summed E-state index contributed by atoms with van der Waals surface area (Å²) in [6, 6.07) is -0.602. The first-order valence-corrected chi connectivity index (χ1v) is 5.39. The smallest absolute Gasteiger partial charge is 0.262 e. The van der Waals surface area contributed by atoms with Crippen LogP contribution in [0.2, 0.25) is 0 Å². The number of hydrogen-bond donors (Lipinski definition) is 2. The quantitative estimate of drug-likeness (QED) is 0.798. The van der Waals surface area contributed by atoms with Crippen molar-refractivity contribution in [3.05, 3.63) is 0 Å². The molecule has 0 aromatic rings. The van der Waals surface area contributed by atoms with Crippen molar-refractivity contribution in [2.24, 2.45) is 5.92 Å². The molecule has 16 heavy (non-hydrogen) atoms. The van der Waals surface area contributed by atoms with E-state index in [9.17, 15) is 13.6 Å². The molecule has 1 aliphatic carbocycles. The predicted molar refractivity (Wildman–Crippen MR) is 58.9 cm³/mol. The van der Waals surface area contributed by atoms with E-state index in [0.29, 0.717) is 5.92 Å². The number of amides is 1. The molecule has 6 heteroatoms. The summed E-state index contributed by atoms with van der Waals surface area (Å²) in [7, 11) is 0. The minimum absolute atomic E-state index is 0. The van der Waals surface area contributed by atoms with Crippen molar-refractivity contribution in [3.63, 3.8) is 0 Å². The van der Waals surface area contributed by atoms with E-state index in [1.807, 2.05) is 6.92 Å². The molecule has 2 aliphatic rings. The number of nitrogens with one attached hydrogen (secondary N) is 2. The molecule has 94 valence electrons. The maximum absolute atomic E-state index is 12.8. The van der Waals surface area contributed by atoms with Crippen molar-refractivity contribution >= 4 is 18.3 Å². The Morgan fingerprint density at radius 2 is 2.12 bits per heavy atom. The maximum Gasteiger partial charge on any atom is 0.262 e. The van der Waals surface area contributed by atoms with E-state index in [-0.39, 0.29) is 37.3 Å². The fourth-order valence-electron chi connectivity index (χ4n) is 1.94. The van der Waals surface area contributed by atoms with Crippen molar-refractivity contribution in [1.82, 2.24) is 10.6 Å². The fraction of sp³-hybridized carbons (Fsp3) is 0.900. The van der Waals surface area contributed by atoms with Crippen molar-refractivity contribution in [2.75, 3.05) is 6.54 Å². The Morgan fingerprint density at radius 3 is 2.56 bits per heavy atom. The zero-order valence-corrected chi connectivity index (χ0v) is 9.95. The molecule has 1 aliphatic heterocycles. The average molecular weight is 255 g/mol. The Bertz CT molecular complexity index is 272. The molecule has 0 spiro atoms. The van der Waals surface area contributed by atoms with E-state index in [0.717, 1.165) is 12.8 Å². The van der Waals surface area contributed by atoms with Crippen LogP contribution in [0.1, 0.15) is 26.2 Å². The highest BCUT2D eigenvalue weighted by atomic mass is 35.5. The van der Waals surface area contributed by atoms with Crippen molar-refractivity contribution < 1.29 is 13.6 Å². The fourth-order valence-corrected chi connectivity index (χ4v) is 1.94. The first kappa shape index (κ1) is 13.6. The largest absolute Gasteiger partial charge is 0.352 e. The molecule has 0 bridgehead atoms. The lowest BCUT2D eigenvalue weighted by atomic mass is 10.1. The first-order valence-electron chi connectivity index (χ1n) is 5.39. The van der Waals surface area contributed by atoms with E-state index < -0.39 is 12.0 Å². The molecule has 2 rings (SSSR count). The van der Waals surface area contributed by atoms with Gasteiger partial charge in [0.1, 0.15) is 0 Å². The van der Waals surface area contributed by atoms with Gasteiger partial charge in [-0.2, -0.15) is 0 Å². The molecule has 0 aromatic carbocycles. The third kappa shape index (κ3) is 3.28. The van der Waals surface area contributed by atoms with Crippen LogP contribution < -0.4 is 10.6 Å². The van der Waals surface area contributed by atoms with Gasteiger partial charge in [-0.1, -0.05) is 0 Å². The Hall–Kier alpha value is -0.420. The van der Waals surface area contributed by atoms with Crippen LogP contribution in [-0.4, -0.2) is 30.5 Å². The highest BCUT2D eigenvalue weighted by Gasteiger charge is 2.43. The van der Waals surface area contributed by atoms with Crippen molar-refractivity contribution in [3.8, 4) is 0 Å². The van der Waals surface area contributed by atoms with Gasteiger partial charge in [0.15, 0.2) is 0 Å². The lowest BCUT2D eigenvalue weighted by molar-refractivity contribution is -0.124. The van der Waals surface area contributed by atoms with Gasteiger partial charge < -0.3 is 5.32 Å². The molecule has 1 amide bonds. The van der Waals surface area contributed by atoms with Crippen LogP contribution in [0.5, 0.6) is 0 Å². The minimum Gasteiger partial charge on any atom is -0.352 e. The summed E-state index contributed by atoms with van der Waals surface area (Å²) in [6.45, 7) is 1.55. The zero-order chi connectivity index (χ0) is 11.1. The third-order valence-electron chi connectivity index (χ3n) is 3.13. The summed E-state index contributed by atoms with van der Waals surface area (Å²) in [6.07, 6.45) is 1.89. The van der Waals surface area contributed by atoms with Crippen LogP contribution in [-0.2, 0) is 4.79 Å². The predicted octanol–water partition coefficient (Wildman–Crippen LogP) is 1.32. The van der Waals surface area contributed by atoms with Gasteiger partial charge in [0, 0.05) is 12.5 Å². The van der Waals surface area contributed by atoms with E-state index in [1.165, 1.54) is 0 Å². The molecule has 1 saturated carbocycles. The highest BCUT2D eigenvalue weighted by molar-refractivity contribution is 5.85. The van der Waals surface area contributed by atoms with E-state index in [4.69, 9.17) is 0 Å². The van der Waals surface area contributed by atoms with Crippen LogP contribution in [0.15, 0.2) is 0 Å². The van der Waals surface area contributed by atoms with Crippen LogP contribution in [0.25, 0.3) is 0 Å². The number of rotatable bonds is 3. The van der Waals surface area contributed by atoms with Crippen LogP contribution in [0, 0.1) is 5.92 Å². The minimum atomic E-state index is -2.73. The SMILES string of the molecule is CC(NC(=O)C1CC(F)(F)CN1)C1CC1.Cl. The second kappa shape index (κ2) is 4.84. The van der Waals surface area contributed by atoms with Gasteiger partial charge in [-0.15, -0.1) is 12.4 Å². The Kier molecular flexibility index (Phi) is 4.12. The molecule has 2 N–H and O–H groups in total. The molecule has 0 radical (unpaired) electrons. The van der Waals surface area contributed by atoms with Gasteiger partial charge >= 0.3 is 0 Å². The van der Waals surface area contributed by atoms with E-state index >= 15 is 0 Å². The van der Waals surface area contributed by atoms with Crippen LogP contribution >= 0.6 is 12.4 Å². The van der Waals surface area contributed by atoms with Gasteiger partial charge in [0.25, 0.3) is 5.92 Å². The standard InChI is InChI=1S/C10H16F2N2O.ClH/c1-6(7-2-3-7)14-9(15)8-4-10(11,12)5-13-8;/h6-8,13H,2-5H2,1H3,(H,14,15);1H. The summed E-state index contributed by atoms with van der Waals surface area (Å²) in [5.74, 6) is -2.47. The second-order valence-electron chi connectivity index (χ2n) is 4.63.